The second-order valence-corrected chi connectivity index (χ2v) is 22.3. The van der Waals surface area contributed by atoms with Gasteiger partial charge in [0.2, 0.25) is 0 Å². The number of carbonyl (C=O) groups is 3. The molecule has 432 valence electrons. The van der Waals surface area contributed by atoms with Gasteiger partial charge in [-0.2, -0.15) is 0 Å². The van der Waals surface area contributed by atoms with Crippen LogP contribution < -0.4 is 5.73 Å². The summed E-state index contributed by atoms with van der Waals surface area (Å²) in [6.07, 6.45) is 25.8. The predicted molar refractivity (Wildman–Crippen MR) is 288 cm³/mol. The van der Waals surface area contributed by atoms with E-state index in [1.54, 1.807) is 18.2 Å². The monoisotopic (exact) mass is 1130 g/mol. The Morgan fingerprint density at radius 3 is 1.71 bits per heavy atom. The second-order valence-electron chi connectivity index (χ2n) is 18.4. The van der Waals surface area contributed by atoms with Crippen molar-refractivity contribution in [1.29, 1.82) is 0 Å². The second kappa shape index (κ2) is 42.2. The van der Waals surface area contributed by atoms with Gasteiger partial charge in [-0.25, -0.2) is 9.13 Å². The highest BCUT2D eigenvalue weighted by atomic mass is 32.2. The zero-order valence-corrected chi connectivity index (χ0v) is 46.5. The Morgan fingerprint density at radius 1 is 0.627 bits per heavy atom. The molecule has 11 N–H and O–H groups in total. The van der Waals surface area contributed by atoms with E-state index in [0.29, 0.717) is 12.8 Å². The molecule has 75 heavy (non-hydrogen) atoms. The van der Waals surface area contributed by atoms with Crippen LogP contribution in [0.5, 0.6) is 0 Å². The number of unbranched alkanes of at least 4 members (excludes halogenated alkanes) is 13. The van der Waals surface area contributed by atoms with Crippen LogP contribution in [0.1, 0.15) is 155 Å². The van der Waals surface area contributed by atoms with Gasteiger partial charge in [0.05, 0.1) is 12.7 Å². The van der Waals surface area contributed by atoms with Gasteiger partial charge in [0.1, 0.15) is 49.3 Å². The van der Waals surface area contributed by atoms with Crippen molar-refractivity contribution >= 4 is 45.3 Å². The fraction of sp³-hybridized carbons (Fsp3) is 0.712. The zero-order valence-electron chi connectivity index (χ0n) is 43.9. The molecule has 1 fully saturated rings. The molecule has 1 unspecified atom stereocenters. The van der Waals surface area contributed by atoms with Crippen LogP contribution in [0.15, 0.2) is 72.9 Å². The molecule has 0 radical (unpaired) electrons. The summed E-state index contributed by atoms with van der Waals surface area (Å²) in [7, 11) is -11.0. The number of carbonyl (C=O) groups excluding carboxylic acids is 2. The highest BCUT2D eigenvalue weighted by molar-refractivity contribution is 8.00. The van der Waals surface area contributed by atoms with E-state index in [1.165, 1.54) is 25.7 Å². The highest BCUT2D eigenvalue weighted by Crippen LogP contribution is 2.50. The average Bonchev–Trinajstić information content (AvgIpc) is 3.35. The van der Waals surface area contributed by atoms with Gasteiger partial charge in [0.15, 0.2) is 6.10 Å². The van der Waals surface area contributed by atoms with E-state index in [1.807, 2.05) is 18.2 Å². The number of nitrogens with two attached hydrogens (primary N) is 1. The van der Waals surface area contributed by atoms with E-state index in [0.717, 1.165) is 88.8 Å². The van der Waals surface area contributed by atoms with E-state index >= 15 is 0 Å². The van der Waals surface area contributed by atoms with E-state index < -0.39 is 107 Å². The molecule has 1 aliphatic carbocycles. The van der Waals surface area contributed by atoms with E-state index in [9.17, 15) is 63.7 Å². The van der Waals surface area contributed by atoms with Gasteiger partial charge in [-0.05, 0) is 70.6 Å². The number of carboxylic acids is 1. The van der Waals surface area contributed by atoms with Crippen LogP contribution >= 0.6 is 27.4 Å². The first-order valence-electron chi connectivity index (χ1n) is 26.4. The number of phosphoric acid groups is 2. The van der Waals surface area contributed by atoms with Crippen molar-refractivity contribution in [2.24, 2.45) is 5.73 Å². The van der Waals surface area contributed by atoms with Crippen molar-refractivity contribution in [1.82, 2.24) is 0 Å². The average molecular weight is 1130 g/mol. The molecule has 0 saturated heterocycles. The molecule has 20 nitrogen and oxygen atoms in total. The number of rotatable bonds is 44. The number of carboxylic acid groups (broad SMARTS) is 1. The van der Waals surface area contributed by atoms with E-state index in [-0.39, 0.29) is 31.4 Å². The lowest BCUT2D eigenvalue weighted by molar-refractivity contribution is -0.216. The van der Waals surface area contributed by atoms with Gasteiger partial charge >= 0.3 is 33.6 Å². The Labute approximate surface area is 448 Å². The topological polar surface area (TPSA) is 340 Å². The molecule has 0 aliphatic heterocycles. The van der Waals surface area contributed by atoms with Crippen molar-refractivity contribution in [3.05, 3.63) is 72.9 Å². The summed E-state index contributed by atoms with van der Waals surface area (Å²) in [5.41, 5.74) is 6.18. The van der Waals surface area contributed by atoms with Crippen LogP contribution in [0.2, 0.25) is 0 Å². The number of hydrogen-bond acceptors (Lipinski definition) is 17. The van der Waals surface area contributed by atoms with Gasteiger partial charge in [0, 0.05) is 23.8 Å². The molecule has 1 aliphatic rings. The first-order valence-corrected chi connectivity index (χ1v) is 30.5. The van der Waals surface area contributed by atoms with E-state index in [4.69, 9.17) is 29.4 Å². The number of esters is 2. The van der Waals surface area contributed by atoms with Gasteiger partial charge < -0.3 is 60.5 Å². The summed E-state index contributed by atoms with van der Waals surface area (Å²) >= 11 is 1.11. The maximum Gasteiger partial charge on any atom is 0.472 e. The molecule has 0 heterocycles. The van der Waals surface area contributed by atoms with Crippen molar-refractivity contribution in [3.8, 4) is 0 Å². The van der Waals surface area contributed by atoms with E-state index in [2.05, 4.69) is 54.8 Å². The van der Waals surface area contributed by atoms with Gasteiger partial charge in [-0.1, -0.05) is 145 Å². The van der Waals surface area contributed by atoms with Crippen LogP contribution in [-0.4, -0.2) is 142 Å². The molecule has 1 saturated carbocycles. The summed E-state index contributed by atoms with van der Waals surface area (Å²) in [4.78, 5) is 66.7. The maximum absolute atomic E-state index is 13.2. The summed E-state index contributed by atoms with van der Waals surface area (Å²) in [6.45, 7) is 2.58. The summed E-state index contributed by atoms with van der Waals surface area (Å²) < 4.78 is 50.0. The molecule has 0 amide bonds. The van der Waals surface area contributed by atoms with Crippen LogP contribution in [0.3, 0.4) is 0 Å². The Morgan fingerprint density at radius 2 is 1.15 bits per heavy atom. The zero-order chi connectivity index (χ0) is 55.9. The molecular weight excluding hydrogens is 1040 g/mol. The lowest BCUT2D eigenvalue weighted by Gasteiger charge is -2.43. The van der Waals surface area contributed by atoms with Gasteiger partial charge in [-0.15, -0.1) is 11.8 Å². The molecule has 0 aromatic heterocycles. The molecular formula is C52H89NO19P2S. The number of aliphatic hydroxyl groups is 5. The summed E-state index contributed by atoms with van der Waals surface area (Å²) in [5.74, 6) is -2.89. The lowest BCUT2D eigenvalue weighted by atomic mass is 9.85. The van der Waals surface area contributed by atoms with Crippen LogP contribution in [0.25, 0.3) is 0 Å². The molecule has 23 heteroatoms. The van der Waals surface area contributed by atoms with Crippen molar-refractivity contribution in [2.75, 3.05) is 19.0 Å². The van der Waals surface area contributed by atoms with Gasteiger partial charge in [0.25, 0.3) is 0 Å². The minimum atomic E-state index is -5.51. The first-order chi connectivity index (χ1) is 35.7. The third-order valence-corrected chi connectivity index (χ3v) is 14.7. The van der Waals surface area contributed by atoms with Crippen molar-refractivity contribution in [3.63, 3.8) is 0 Å². The SMILES string of the molecule is CCCCC/C=C\C\C=C/C=C/C=C/[C@@H](SC[C@H](N)C(=O)OC[C@H](COP(=O)(O)O[C@H]1[C@H](O)[C@@H](O)[C@H](O)[C@@H](O)[C@H]1OP(=O)(O)O)OC(=O)CCCCCCCCC/C=C\C/C=C\CCCCC)[C@@H](O)CCCC(=O)O. The van der Waals surface area contributed by atoms with Crippen LogP contribution in [-0.2, 0) is 46.6 Å². The standard InChI is InChI=1S/C52H89NO19P2S/c1-3-5-7-9-11-13-15-17-18-19-20-21-23-25-27-29-31-36-45(57)70-40(38-69-74(66,67)72-51-49(61)47(59)46(58)48(60)50(51)71-73(63,64)65)37-68-52(62)41(53)39-75-43(42(54)33-32-35-44(55)56)34-30-28-26-24-22-16-14-12-10-8-6-4-2/h11-14,17-18,22,24,26,28,30,34,40-43,46-51,54,58-61H,3-10,15-16,19-21,23,25,27,29,31-33,35-39,53H2,1-2H3,(H,55,56)(H,66,67)(H2,63,64,65)/b13-11-,14-12-,18-17-,24-22-,28-26+,34-30+/t40-,41+,42+,43-,46+,47+,48-,49-,50-,51+/m1/s1. The Hall–Kier alpha value is -2.82. The number of hydrogen-bond donors (Lipinski definition) is 10. The fourth-order valence-corrected chi connectivity index (χ4v) is 10.1. The third-order valence-electron chi connectivity index (χ3n) is 11.7. The largest absolute Gasteiger partial charge is 0.481 e. The summed E-state index contributed by atoms with van der Waals surface area (Å²) in [6, 6.07) is -1.31. The quantitative estimate of drug-likeness (QED) is 0.00917. The number of aliphatic hydroxyl groups excluding tert-OH is 5. The minimum absolute atomic E-state index is 0.0782. The number of thioether (sulfide) groups is 1. The normalized spacial score (nSPS) is 22.2. The molecule has 0 spiro atoms. The van der Waals surface area contributed by atoms with Crippen molar-refractivity contribution < 1.29 is 91.9 Å². The predicted octanol–water partition coefficient (Wildman–Crippen LogP) is 7.71. The minimum Gasteiger partial charge on any atom is -0.481 e. The molecule has 0 bridgehead atoms. The number of phosphoric ester groups is 2. The number of ether oxygens (including phenoxy) is 2. The molecule has 11 atom stereocenters. The number of allylic oxidation sites excluding steroid dienone is 11. The first kappa shape index (κ1) is 70.2. The molecule has 1 rings (SSSR count). The maximum atomic E-state index is 13.2. The Bertz CT molecular complexity index is 1840. The Kier molecular flexibility index (Phi) is 39.5. The van der Waals surface area contributed by atoms with Crippen LogP contribution in [0, 0.1) is 0 Å². The number of aliphatic carboxylic acids is 1. The molecule has 0 aromatic rings. The van der Waals surface area contributed by atoms with Crippen LogP contribution in [0.4, 0.5) is 0 Å². The Balaban J connectivity index is 2.98. The highest BCUT2D eigenvalue weighted by Gasteiger charge is 2.54. The smallest absolute Gasteiger partial charge is 0.472 e. The van der Waals surface area contributed by atoms with Crippen molar-refractivity contribution in [2.45, 2.75) is 215 Å². The van der Waals surface area contributed by atoms with Gasteiger partial charge in [-0.3, -0.25) is 28.0 Å². The fourth-order valence-electron chi connectivity index (χ4n) is 7.49. The summed E-state index contributed by atoms with van der Waals surface area (Å²) in [5, 5.41) is 60.6. The third kappa shape index (κ3) is 35.3. The lowest BCUT2D eigenvalue weighted by Crippen LogP contribution is -2.64. The molecule has 0 aromatic carbocycles.